The van der Waals surface area contributed by atoms with E-state index in [0.29, 0.717) is 12.8 Å². The van der Waals surface area contributed by atoms with Gasteiger partial charge in [-0.3, -0.25) is 9.59 Å². The van der Waals surface area contributed by atoms with Crippen LogP contribution in [0.15, 0.2) is 0 Å². The highest BCUT2D eigenvalue weighted by Crippen LogP contribution is 2.30. The summed E-state index contributed by atoms with van der Waals surface area (Å²) in [6, 6.07) is 0. The highest BCUT2D eigenvalue weighted by molar-refractivity contribution is 5.85. The van der Waals surface area contributed by atoms with Crippen LogP contribution in [0.5, 0.6) is 0 Å². The van der Waals surface area contributed by atoms with Gasteiger partial charge in [0.15, 0.2) is 0 Å². The van der Waals surface area contributed by atoms with Crippen molar-refractivity contribution >= 4 is 11.9 Å². The molecule has 1 saturated carbocycles. The molecule has 0 aromatic rings. The Morgan fingerprint density at radius 2 is 1.67 bits per heavy atom. The van der Waals surface area contributed by atoms with E-state index in [1.54, 1.807) is 0 Å². The van der Waals surface area contributed by atoms with Crippen molar-refractivity contribution in [1.29, 1.82) is 0 Å². The van der Waals surface area contributed by atoms with E-state index >= 15 is 0 Å². The van der Waals surface area contributed by atoms with Crippen molar-refractivity contribution in [2.24, 2.45) is 11.8 Å². The minimum atomic E-state index is -1.10. The van der Waals surface area contributed by atoms with Gasteiger partial charge in [-0.25, -0.2) is 0 Å². The Bertz CT molecular complexity index is 314. The standard InChI is InChI=1S/C12H21NO5/c1-12(6-14,7-15)13-10(16)8-4-2-3-5-9(8)11(17)18/h8-9,14-15H,2-7H2,1H3,(H,13,16)(H,17,18). The lowest BCUT2D eigenvalue weighted by molar-refractivity contribution is -0.149. The third kappa shape index (κ3) is 3.43. The van der Waals surface area contributed by atoms with E-state index in [2.05, 4.69) is 5.32 Å². The van der Waals surface area contributed by atoms with Crippen LogP contribution >= 0.6 is 0 Å². The fraction of sp³-hybridized carbons (Fsp3) is 0.833. The molecule has 104 valence electrons. The van der Waals surface area contributed by atoms with Gasteiger partial charge in [0.05, 0.1) is 30.6 Å². The summed E-state index contributed by atoms with van der Waals surface area (Å²) in [5.41, 5.74) is -1.10. The zero-order valence-corrected chi connectivity index (χ0v) is 10.6. The summed E-state index contributed by atoms with van der Waals surface area (Å²) in [6.07, 6.45) is 2.69. The maximum atomic E-state index is 12.0. The molecular formula is C12H21NO5. The Kier molecular flexibility index (Phi) is 5.10. The third-order valence-corrected chi connectivity index (χ3v) is 3.54. The summed E-state index contributed by atoms with van der Waals surface area (Å²) in [6.45, 7) is 0.739. The van der Waals surface area contributed by atoms with Crippen LogP contribution in [0.1, 0.15) is 32.6 Å². The molecule has 2 unspecified atom stereocenters. The predicted octanol–water partition coefficient (Wildman–Crippen LogP) is -0.263. The second-order valence-electron chi connectivity index (χ2n) is 5.20. The minimum absolute atomic E-state index is 0.389. The van der Waals surface area contributed by atoms with Crippen LogP contribution in [0.25, 0.3) is 0 Å². The normalized spacial score (nSPS) is 24.6. The zero-order chi connectivity index (χ0) is 13.8. The molecule has 1 aliphatic carbocycles. The van der Waals surface area contributed by atoms with Crippen LogP contribution in [-0.2, 0) is 9.59 Å². The average molecular weight is 259 g/mol. The maximum Gasteiger partial charge on any atom is 0.307 e. The Hall–Kier alpha value is -1.14. The third-order valence-electron chi connectivity index (χ3n) is 3.54. The molecule has 6 nitrogen and oxygen atoms in total. The Morgan fingerprint density at radius 1 is 1.17 bits per heavy atom. The molecule has 0 radical (unpaired) electrons. The molecule has 1 rings (SSSR count). The highest BCUT2D eigenvalue weighted by atomic mass is 16.4. The smallest absolute Gasteiger partial charge is 0.307 e. The number of hydrogen-bond acceptors (Lipinski definition) is 4. The van der Waals surface area contributed by atoms with Gasteiger partial charge < -0.3 is 20.6 Å². The molecule has 1 amide bonds. The Morgan fingerprint density at radius 3 is 2.11 bits per heavy atom. The number of carboxylic acid groups (broad SMARTS) is 1. The van der Waals surface area contributed by atoms with Gasteiger partial charge in [0.1, 0.15) is 0 Å². The number of rotatable bonds is 5. The van der Waals surface area contributed by atoms with Gasteiger partial charge in [-0.1, -0.05) is 12.8 Å². The van der Waals surface area contributed by atoms with E-state index in [-0.39, 0.29) is 13.2 Å². The van der Waals surface area contributed by atoms with Gasteiger partial charge in [0.2, 0.25) is 5.91 Å². The van der Waals surface area contributed by atoms with E-state index in [4.69, 9.17) is 15.3 Å². The molecular weight excluding hydrogens is 238 g/mol. The van der Waals surface area contributed by atoms with Gasteiger partial charge in [0, 0.05) is 0 Å². The van der Waals surface area contributed by atoms with Crippen molar-refractivity contribution in [2.45, 2.75) is 38.1 Å². The molecule has 0 saturated heterocycles. The summed E-state index contributed by atoms with van der Waals surface area (Å²) in [4.78, 5) is 23.1. The molecule has 4 N–H and O–H groups in total. The fourth-order valence-corrected chi connectivity index (χ4v) is 2.26. The molecule has 0 bridgehead atoms. The Labute approximate surface area is 106 Å². The summed E-state index contributed by atoms with van der Waals surface area (Å²) in [7, 11) is 0. The topological polar surface area (TPSA) is 107 Å². The van der Waals surface area contributed by atoms with Gasteiger partial charge in [-0.2, -0.15) is 0 Å². The van der Waals surface area contributed by atoms with E-state index in [1.165, 1.54) is 6.92 Å². The number of aliphatic hydroxyl groups is 2. The summed E-state index contributed by atoms with van der Waals surface area (Å²) < 4.78 is 0. The Balaban J connectivity index is 2.72. The van der Waals surface area contributed by atoms with Crippen molar-refractivity contribution in [3.8, 4) is 0 Å². The first-order valence-electron chi connectivity index (χ1n) is 6.20. The second-order valence-corrected chi connectivity index (χ2v) is 5.20. The van der Waals surface area contributed by atoms with Crippen molar-refractivity contribution in [3.63, 3.8) is 0 Å². The lowest BCUT2D eigenvalue weighted by Crippen LogP contribution is -2.55. The quantitative estimate of drug-likeness (QED) is 0.544. The minimum Gasteiger partial charge on any atom is -0.481 e. The first kappa shape index (κ1) is 14.9. The van der Waals surface area contributed by atoms with Gasteiger partial charge in [-0.15, -0.1) is 0 Å². The summed E-state index contributed by atoms with van der Waals surface area (Å²) in [5, 5.41) is 29.9. The number of carboxylic acids is 1. The van der Waals surface area contributed by atoms with E-state index < -0.39 is 29.3 Å². The maximum absolute atomic E-state index is 12.0. The first-order valence-corrected chi connectivity index (χ1v) is 6.20. The number of hydrogen-bond donors (Lipinski definition) is 4. The number of aliphatic hydroxyl groups excluding tert-OH is 2. The van der Waals surface area contributed by atoms with Crippen molar-refractivity contribution < 1.29 is 24.9 Å². The number of carbonyl (C=O) groups excluding carboxylic acids is 1. The SMILES string of the molecule is CC(CO)(CO)NC(=O)C1CCCCC1C(=O)O. The lowest BCUT2D eigenvalue weighted by Gasteiger charge is -2.32. The number of carbonyl (C=O) groups is 2. The molecule has 0 spiro atoms. The van der Waals surface area contributed by atoms with Crippen LogP contribution in [0.4, 0.5) is 0 Å². The number of amides is 1. The van der Waals surface area contributed by atoms with Crippen LogP contribution < -0.4 is 5.32 Å². The molecule has 0 aromatic carbocycles. The highest BCUT2D eigenvalue weighted by Gasteiger charge is 2.38. The predicted molar refractivity (Wildman–Crippen MR) is 63.8 cm³/mol. The van der Waals surface area contributed by atoms with E-state index in [9.17, 15) is 9.59 Å². The number of aliphatic carboxylic acids is 1. The molecule has 1 aliphatic rings. The van der Waals surface area contributed by atoms with Crippen molar-refractivity contribution in [1.82, 2.24) is 5.32 Å². The molecule has 0 aliphatic heterocycles. The first-order chi connectivity index (χ1) is 8.43. The molecule has 1 fully saturated rings. The summed E-state index contributed by atoms with van der Waals surface area (Å²) in [5.74, 6) is -2.59. The van der Waals surface area contributed by atoms with Crippen LogP contribution in [-0.4, -0.2) is 45.9 Å². The van der Waals surface area contributed by atoms with E-state index in [0.717, 1.165) is 12.8 Å². The monoisotopic (exact) mass is 259 g/mol. The average Bonchev–Trinajstić information content (AvgIpc) is 2.38. The van der Waals surface area contributed by atoms with Gasteiger partial charge in [-0.05, 0) is 19.8 Å². The van der Waals surface area contributed by atoms with Crippen LogP contribution in [0.2, 0.25) is 0 Å². The molecule has 6 heteroatoms. The molecule has 0 aromatic heterocycles. The number of nitrogens with one attached hydrogen (secondary N) is 1. The fourth-order valence-electron chi connectivity index (χ4n) is 2.26. The largest absolute Gasteiger partial charge is 0.481 e. The van der Waals surface area contributed by atoms with Crippen LogP contribution in [0.3, 0.4) is 0 Å². The molecule has 0 heterocycles. The van der Waals surface area contributed by atoms with E-state index in [1.807, 2.05) is 0 Å². The van der Waals surface area contributed by atoms with Crippen molar-refractivity contribution in [2.75, 3.05) is 13.2 Å². The van der Waals surface area contributed by atoms with Gasteiger partial charge >= 0.3 is 5.97 Å². The zero-order valence-electron chi connectivity index (χ0n) is 10.6. The van der Waals surface area contributed by atoms with Crippen molar-refractivity contribution in [3.05, 3.63) is 0 Å². The molecule has 18 heavy (non-hydrogen) atoms. The second kappa shape index (κ2) is 6.15. The van der Waals surface area contributed by atoms with Crippen LogP contribution in [0, 0.1) is 11.8 Å². The van der Waals surface area contributed by atoms with Gasteiger partial charge in [0.25, 0.3) is 0 Å². The summed E-state index contributed by atoms with van der Waals surface area (Å²) >= 11 is 0. The lowest BCUT2D eigenvalue weighted by atomic mass is 9.78. The molecule has 2 atom stereocenters.